The molecule has 0 N–H and O–H groups in total. The Balaban J connectivity index is 1.58. The average Bonchev–Trinajstić information content (AvgIpc) is 3.31. The monoisotopic (exact) mass is 482 g/mol. The third-order valence-corrected chi connectivity index (χ3v) is 6.36. The fourth-order valence-corrected chi connectivity index (χ4v) is 4.92. The lowest BCUT2D eigenvalue weighted by Crippen LogP contribution is -2.37. The minimum atomic E-state index is -0.981. The number of hydrogen-bond donors (Lipinski definition) is 0. The van der Waals surface area contributed by atoms with Crippen LogP contribution in [0.5, 0.6) is 5.75 Å². The molecule has 0 saturated carbocycles. The molecule has 2 fully saturated rings. The molecule has 2 aliphatic rings. The fourth-order valence-electron chi connectivity index (χ4n) is 4.40. The van der Waals surface area contributed by atoms with E-state index in [1.807, 2.05) is 37.3 Å². The topological polar surface area (TPSA) is 59.1 Å². The Labute approximate surface area is 201 Å². The van der Waals surface area contributed by atoms with Gasteiger partial charge in [-0.3, -0.25) is 14.4 Å². The van der Waals surface area contributed by atoms with Crippen LogP contribution in [0.1, 0.15) is 18.5 Å². The normalized spacial score (nSPS) is 22.1. The third-order valence-electron chi connectivity index (χ3n) is 5.79. The number of anilines is 2. The molecule has 2 heterocycles. The van der Waals surface area contributed by atoms with E-state index in [1.165, 1.54) is 4.90 Å². The lowest BCUT2D eigenvalue weighted by atomic mass is 9.90. The highest BCUT2D eigenvalue weighted by atomic mass is 35.5. The van der Waals surface area contributed by atoms with Crippen LogP contribution in [0.4, 0.5) is 11.4 Å². The number of carbonyl (C=O) groups is 2. The van der Waals surface area contributed by atoms with E-state index in [-0.39, 0.29) is 5.91 Å². The largest absolute Gasteiger partial charge is 0.494 e. The summed E-state index contributed by atoms with van der Waals surface area (Å²) in [6.07, 6.45) is -0.981. The second-order valence-corrected chi connectivity index (χ2v) is 8.61. The van der Waals surface area contributed by atoms with Crippen molar-refractivity contribution in [2.24, 2.45) is 5.92 Å². The zero-order valence-electron chi connectivity index (χ0n) is 17.7. The number of halogens is 2. The summed E-state index contributed by atoms with van der Waals surface area (Å²) in [6.45, 7) is 2.35. The number of hydroxylamine groups is 1. The molecule has 3 aromatic carbocycles. The second-order valence-electron chi connectivity index (χ2n) is 7.77. The minimum Gasteiger partial charge on any atom is -0.494 e. The lowest BCUT2D eigenvalue weighted by molar-refractivity contribution is -0.126. The van der Waals surface area contributed by atoms with Gasteiger partial charge in [0, 0.05) is 16.1 Å². The first-order valence-corrected chi connectivity index (χ1v) is 11.3. The van der Waals surface area contributed by atoms with Crippen molar-refractivity contribution in [3.63, 3.8) is 0 Å². The SMILES string of the molecule is CCOc1cccc(N2C(=O)[C@H]3[C@H](ON(c4ccccc4)[C@H]3c3ccc(Cl)cc3Cl)C2=O)c1. The average molecular weight is 483 g/mol. The molecule has 2 aliphatic heterocycles. The van der Waals surface area contributed by atoms with E-state index in [0.717, 1.165) is 0 Å². The third kappa shape index (κ3) is 3.74. The molecule has 0 aromatic heterocycles. The zero-order valence-corrected chi connectivity index (χ0v) is 19.2. The van der Waals surface area contributed by atoms with Gasteiger partial charge >= 0.3 is 0 Å². The van der Waals surface area contributed by atoms with Gasteiger partial charge in [0.2, 0.25) is 5.91 Å². The maximum atomic E-state index is 13.7. The van der Waals surface area contributed by atoms with Crippen LogP contribution in [0, 0.1) is 5.92 Å². The molecule has 3 atom stereocenters. The van der Waals surface area contributed by atoms with Gasteiger partial charge < -0.3 is 4.74 Å². The van der Waals surface area contributed by atoms with Crippen molar-refractivity contribution < 1.29 is 19.2 Å². The first kappa shape index (κ1) is 21.8. The number of para-hydroxylation sites is 1. The van der Waals surface area contributed by atoms with E-state index < -0.39 is 24.0 Å². The van der Waals surface area contributed by atoms with Crippen molar-refractivity contribution in [3.8, 4) is 5.75 Å². The number of ether oxygens (including phenoxy) is 1. The summed E-state index contributed by atoms with van der Waals surface area (Å²) in [5.74, 6) is -0.982. The van der Waals surface area contributed by atoms with Crippen LogP contribution in [0.15, 0.2) is 72.8 Å². The van der Waals surface area contributed by atoms with E-state index in [1.54, 1.807) is 47.5 Å². The zero-order chi connectivity index (χ0) is 23.1. The molecule has 33 heavy (non-hydrogen) atoms. The number of fused-ring (bicyclic) bond motifs is 1. The number of benzene rings is 3. The van der Waals surface area contributed by atoms with E-state index in [0.29, 0.717) is 39.3 Å². The Kier molecular flexibility index (Phi) is 5.74. The van der Waals surface area contributed by atoms with Crippen LogP contribution in [0.3, 0.4) is 0 Å². The molecular weight excluding hydrogens is 463 g/mol. The highest BCUT2D eigenvalue weighted by molar-refractivity contribution is 6.35. The molecule has 5 rings (SSSR count). The summed E-state index contributed by atoms with van der Waals surface area (Å²) in [5, 5.41) is 2.48. The predicted octanol–water partition coefficient (Wildman–Crippen LogP) is 5.44. The predicted molar refractivity (Wildman–Crippen MR) is 127 cm³/mol. The quantitative estimate of drug-likeness (QED) is 0.453. The van der Waals surface area contributed by atoms with Crippen LogP contribution in [0.25, 0.3) is 0 Å². The Bertz CT molecular complexity index is 1220. The number of amides is 2. The summed E-state index contributed by atoms with van der Waals surface area (Å²) < 4.78 is 5.54. The molecule has 0 unspecified atom stereocenters. The van der Waals surface area contributed by atoms with Crippen LogP contribution in [0.2, 0.25) is 10.0 Å². The van der Waals surface area contributed by atoms with Gasteiger partial charge in [-0.1, -0.05) is 53.5 Å². The smallest absolute Gasteiger partial charge is 0.266 e. The minimum absolute atomic E-state index is 0.354. The van der Waals surface area contributed by atoms with Crippen molar-refractivity contribution in [3.05, 3.63) is 88.4 Å². The number of imide groups is 1. The van der Waals surface area contributed by atoms with Gasteiger partial charge in [-0.25, -0.2) is 9.96 Å². The van der Waals surface area contributed by atoms with Crippen molar-refractivity contribution in [1.82, 2.24) is 0 Å². The van der Waals surface area contributed by atoms with Crippen molar-refractivity contribution in [2.45, 2.75) is 19.1 Å². The number of nitrogens with zero attached hydrogens (tertiary/aromatic N) is 2. The van der Waals surface area contributed by atoms with Crippen molar-refractivity contribution in [2.75, 3.05) is 16.6 Å². The lowest BCUT2D eigenvalue weighted by Gasteiger charge is -2.29. The van der Waals surface area contributed by atoms with Gasteiger partial charge in [0.1, 0.15) is 11.7 Å². The van der Waals surface area contributed by atoms with Gasteiger partial charge in [-0.2, -0.15) is 0 Å². The summed E-state index contributed by atoms with van der Waals surface area (Å²) in [5.41, 5.74) is 1.82. The van der Waals surface area contributed by atoms with E-state index >= 15 is 0 Å². The number of hydrogen-bond acceptors (Lipinski definition) is 5. The molecule has 3 aromatic rings. The summed E-state index contributed by atoms with van der Waals surface area (Å²) in [7, 11) is 0. The Hall–Kier alpha value is -3.06. The molecule has 168 valence electrons. The first-order chi connectivity index (χ1) is 16.0. The van der Waals surface area contributed by atoms with Gasteiger partial charge in [0.05, 0.1) is 24.0 Å². The Morgan fingerprint density at radius 3 is 2.39 bits per heavy atom. The van der Waals surface area contributed by atoms with Crippen LogP contribution in [-0.2, 0) is 14.4 Å². The Morgan fingerprint density at radius 2 is 1.67 bits per heavy atom. The molecule has 0 bridgehead atoms. The maximum absolute atomic E-state index is 13.7. The molecular formula is C25H20Cl2N2O4. The second kappa shape index (κ2) is 8.71. The molecule has 2 saturated heterocycles. The molecule has 6 nitrogen and oxygen atoms in total. The molecule has 2 amide bonds. The molecule has 0 radical (unpaired) electrons. The van der Waals surface area contributed by atoms with E-state index in [9.17, 15) is 9.59 Å². The summed E-state index contributed by atoms with van der Waals surface area (Å²) >= 11 is 12.7. The molecule has 0 spiro atoms. The van der Waals surface area contributed by atoms with Crippen LogP contribution < -0.4 is 14.7 Å². The fraction of sp³-hybridized carbons (Fsp3) is 0.200. The highest BCUT2D eigenvalue weighted by Gasteiger charge is 2.60. The first-order valence-electron chi connectivity index (χ1n) is 10.6. The number of rotatable bonds is 5. The van der Waals surface area contributed by atoms with Crippen LogP contribution in [-0.4, -0.2) is 24.5 Å². The maximum Gasteiger partial charge on any atom is 0.266 e. The van der Waals surface area contributed by atoms with Gasteiger partial charge in [-0.15, -0.1) is 0 Å². The summed E-state index contributed by atoms with van der Waals surface area (Å²) in [4.78, 5) is 34.4. The van der Waals surface area contributed by atoms with Crippen LogP contribution >= 0.6 is 23.2 Å². The van der Waals surface area contributed by atoms with Gasteiger partial charge in [0.15, 0.2) is 6.10 Å². The van der Waals surface area contributed by atoms with Gasteiger partial charge in [0.25, 0.3) is 5.91 Å². The van der Waals surface area contributed by atoms with Crippen molar-refractivity contribution >= 4 is 46.4 Å². The standard InChI is InChI=1S/C25H20Cl2N2O4/c1-2-32-18-10-6-9-17(14-18)28-24(30)21-22(19-12-11-15(26)13-20(19)27)29(33-23(21)25(28)31)16-7-4-3-5-8-16/h3-14,21-23H,2H2,1H3/t21-,22+,23+/m1/s1. The summed E-state index contributed by atoms with van der Waals surface area (Å²) in [6, 6.07) is 20.7. The van der Waals surface area contributed by atoms with E-state index in [4.69, 9.17) is 32.8 Å². The molecule has 0 aliphatic carbocycles. The molecule has 8 heteroatoms. The Morgan fingerprint density at radius 1 is 0.909 bits per heavy atom. The number of carbonyl (C=O) groups excluding carboxylic acids is 2. The van der Waals surface area contributed by atoms with E-state index in [2.05, 4.69) is 0 Å². The highest BCUT2D eigenvalue weighted by Crippen LogP contribution is 2.49. The van der Waals surface area contributed by atoms with Crippen molar-refractivity contribution in [1.29, 1.82) is 0 Å². The van der Waals surface area contributed by atoms with Gasteiger partial charge in [-0.05, 0) is 48.9 Å².